The van der Waals surface area contributed by atoms with Crippen molar-refractivity contribution in [1.29, 1.82) is 0 Å². The minimum absolute atomic E-state index is 0.227. The average molecular weight is 255 g/mol. The summed E-state index contributed by atoms with van der Waals surface area (Å²) in [7, 11) is 0. The first-order chi connectivity index (χ1) is 8.58. The summed E-state index contributed by atoms with van der Waals surface area (Å²) in [4.78, 5) is 23.2. The van der Waals surface area contributed by atoms with Crippen LogP contribution in [-0.2, 0) is 4.79 Å². The molecule has 5 heteroatoms. The fraction of sp³-hybridized carbons (Fsp3) is 0.846. The van der Waals surface area contributed by atoms with Gasteiger partial charge in [0, 0.05) is 6.54 Å². The number of hydrogen-bond donors (Lipinski definition) is 2. The molecule has 2 fully saturated rings. The summed E-state index contributed by atoms with van der Waals surface area (Å²) in [6.07, 6.45) is 6.66. The van der Waals surface area contributed by atoms with Crippen LogP contribution in [0, 0.1) is 11.8 Å². The Morgan fingerprint density at radius 1 is 1.06 bits per heavy atom. The van der Waals surface area contributed by atoms with Gasteiger partial charge in [-0.25, -0.2) is 9.59 Å². The number of amides is 1. The second-order valence-corrected chi connectivity index (χ2v) is 5.63. The molecule has 0 radical (unpaired) electrons. The summed E-state index contributed by atoms with van der Waals surface area (Å²) in [5.74, 6) is -0.110. The van der Waals surface area contributed by atoms with Crippen LogP contribution in [0.4, 0.5) is 4.79 Å². The number of carbonyl (C=O) groups is 2. The van der Waals surface area contributed by atoms with Gasteiger partial charge in [-0.05, 0) is 24.7 Å². The molecule has 1 saturated carbocycles. The first kappa shape index (κ1) is 13.2. The van der Waals surface area contributed by atoms with Gasteiger partial charge in [-0.2, -0.15) is 0 Å². The zero-order chi connectivity index (χ0) is 13.1. The molecule has 2 N–H and O–H groups in total. The molecular formula is C13H21NO4. The van der Waals surface area contributed by atoms with Crippen LogP contribution in [0.5, 0.6) is 0 Å². The topological polar surface area (TPSA) is 77.8 Å². The Balaban J connectivity index is 1.91. The highest BCUT2D eigenvalue weighted by molar-refractivity contribution is 5.80. The predicted octanol–water partition coefficient (Wildman–Crippen LogP) is 2.41. The third-order valence-corrected chi connectivity index (χ3v) is 4.31. The fourth-order valence-electron chi connectivity index (χ4n) is 3.43. The van der Waals surface area contributed by atoms with Gasteiger partial charge in [0.05, 0.1) is 0 Å². The molecule has 2 atom stereocenters. The van der Waals surface area contributed by atoms with Crippen LogP contribution in [0.3, 0.4) is 0 Å². The summed E-state index contributed by atoms with van der Waals surface area (Å²) in [5, 5.41) is 18.1. The molecule has 2 aliphatic rings. The zero-order valence-electron chi connectivity index (χ0n) is 10.5. The van der Waals surface area contributed by atoms with Crippen molar-refractivity contribution in [2.24, 2.45) is 11.8 Å². The Bertz CT molecular complexity index is 303. The van der Waals surface area contributed by atoms with E-state index in [9.17, 15) is 9.59 Å². The van der Waals surface area contributed by atoms with Gasteiger partial charge in [-0.3, -0.25) is 4.90 Å². The van der Waals surface area contributed by atoms with E-state index in [0.717, 1.165) is 11.3 Å². The van der Waals surface area contributed by atoms with Gasteiger partial charge in [0.25, 0.3) is 0 Å². The van der Waals surface area contributed by atoms with Crippen LogP contribution in [0.15, 0.2) is 0 Å². The highest BCUT2D eigenvalue weighted by Crippen LogP contribution is 2.34. The smallest absolute Gasteiger partial charge is 0.408 e. The number of likely N-dealkylation sites (tertiary alicyclic amines) is 1. The molecule has 102 valence electrons. The molecule has 2 unspecified atom stereocenters. The van der Waals surface area contributed by atoms with E-state index in [0.29, 0.717) is 18.9 Å². The number of nitrogens with zero attached hydrogens (tertiary/aromatic N) is 1. The number of aliphatic carboxylic acids is 1. The van der Waals surface area contributed by atoms with Crippen LogP contribution in [0.25, 0.3) is 0 Å². The van der Waals surface area contributed by atoms with Gasteiger partial charge in [0.2, 0.25) is 0 Å². The Labute approximate surface area is 107 Å². The lowest BCUT2D eigenvalue weighted by Crippen LogP contribution is -2.39. The molecule has 5 nitrogen and oxygen atoms in total. The van der Waals surface area contributed by atoms with E-state index >= 15 is 0 Å². The molecule has 0 aromatic carbocycles. The monoisotopic (exact) mass is 255 g/mol. The van der Waals surface area contributed by atoms with Gasteiger partial charge >= 0.3 is 12.1 Å². The van der Waals surface area contributed by atoms with Gasteiger partial charge in [-0.15, -0.1) is 0 Å². The molecule has 1 heterocycles. The normalized spacial score (nSPS) is 29.4. The lowest BCUT2D eigenvalue weighted by Gasteiger charge is -2.24. The zero-order valence-corrected chi connectivity index (χ0v) is 10.5. The van der Waals surface area contributed by atoms with E-state index in [1.807, 2.05) is 0 Å². The first-order valence-corrected chi connectivity index (χ1v) is 6.80. The van der Waals surface area contributed by atoms with Crippen molar-refractivity contribution in [3.63, 3.8) is 0 Å². The van der Waals surface area contributed by atoms with Crippen molar-refractivity contribution in [1.82, 2.24) is 4.90 Å². The standard InChI is InChI=1S/C13H21NO4/c15-12(16)11-7-10(8-14(11)13(17)18)6-9-4-2-1-3-5-9/h9-11H,1-8H2,(H,15,16)(H,17,18). The molecule has 0 aromatic rings. The van der Waals surface area contributed by atoms with Crippen LogP contribution in [0.2, 0.25) is 0 Å². The minimum Gasteiger partial charge on any atom is -0.480 e. The van der Waals surface area contributed by atoms with E-state index in [4.69, 9.17) is 10.2 Å². The van der Waals surface area contributed by atoms with Crippen molar-refractivity contribution in [3.8, 4) is 0 Å². The number of rotatable bonds is 3. The molecule has 18 heavy (non-hydrogen) atoms. The van der Waals surface area contributed by atoms with Crippen molar-refractivity contribution in [3.05, 3.63) is 0 Å². The molecular weight excluding hydrogens is 234 g/mol. The van der Waals surface area contributed by atoms with Crippen molar-refractivity contribution < 1.29 is 19.8 Å². The molecule has 1 amide bonds. The maximum atomic E-state index is 11.0. The van der Waals surface area contributed by atoms with E-state index < -0.39 is 18.1 Å². The summed E-state index contributed by atoms with van der Waals surface area (Å²) < 4.78 is 0. The molecule has 0 bridgehead atoms. The van der Waals surface area contributed by atoms with Crippen LogP contribution >= 0.6 is 0 Å². The quantitative estimate of drug-likeness (QED) is 0.811. The Hall–Kier alpha value is -1.26. The van der Waals surface area contributed by atoms with E-state index in [1.165, 1.54) is 32.1 Å². The lowest BCUT2D eigenvalue weighted by atomic mass is 9.82. The molecule has 1 aliphatic carbocycles. The van der Waals surface area contributed by atoms with Gasteiger partial charge < -0.3 is 10.2 Å². The second kappa shape index (κ2) is 5.59. The van der Waals surface area contributed by atoms with E-state index in [1.54, 1.807) is 0 Å². The van der Waals surface area contributed by atoms with Crippen molar-refractivity contribution >= 4 is 12.1 Å². The number of carboxylic acids is 1. The third-order valence-electron chi connectivity index (χ3n) is 4.31. The van der Waals surface area contributed by atoms with Gasteiger partial charge in [-0.1, -0.05) is 32.1 Å². The Morgan fingerprint density at radius 3 is 2.22 bits per heavy atom. The van der Waals surface area contributed by atoms with Crippen LogP contribution < -0.4 is 0 Å². The predicted molar refractivity (Wildman–Crippen MR) is 65.5 cm³/mol. The molecule has 0 spiro atoms. The lowest BCUT2D eigenvalue weighted by molar-refractivity contribution is -0.141. The van der Waals surface area contributed by atoms with Crippen LogP contribution in [-0.4, -0.2) is 39.8 Å². The maximum Gasteiger partial charge on any atom is 0.408 e. The molecule has 1 aliphatic heterocycles. The fourth-order valence-corrected chi connectivity index (χ4v) is 3.43. The van der Waals surface area contributed by atoms with Crippen molar-refractivity contribution in [2.75, 3.05) is 6.54 Å². The number of carboxylic acid groups (broad SMARTS) is 2. The summed E-state index contributed by atoms with van der Waals surface area (Å²) in [6.45, 7) is 0.392. The molecule has 1 saturated heterocycles. The second-order valence-electron chi connectivity index (χ2n) is 5.63. The molecule has 2 rings (SSSR count). The highest BCUT2D eigenvalue weighted by Gasteiger charge is 2.40. The average Bonchev–Trinajstić information content (AvgIpc) is 2.74. The van der Waals surface area contributed by atoms with Gasteiger partial charge in [0.15, 0.2) is 0 Å². The SMILES string of the molecule is O=C(O)C1CC(CC2CCCCC2)CN1C(=O)O. The Kier molecular flexibility index (Phi) is 4.09. The van der Waals surface area contributed by atoms with E-state index in [-0.39, 0.29) is 5.92 Å². The van der Waals surface area contributed by atoms with Crippen molar-refractivity contribution in [2.45, 2.75) is 51.0 Å². The summed E-state index contributed by atoms with van der Waals surface area (Å²) >= 11 is 0. The third kappa shape index (κ3) is 2.94. The van der Waals surface area contributed by atoms with Crippen LogP contribution in [0.1, 0.15) is 44.9 Å². The number of hydrogen-bond acceptors (Lipinski definition) is 2. The maximum absolute atomic E-state index is 11.0. The van der Waals surface area contributed by atoms with E-state index in [2.05, 4.69) is 0 Å². The summed E-state index contributed by atoms with van der Waals surface area (Å²) in [6, 6.07) is -0.837. The van der Waals surface area contributed by atoms with Gasteiger partial charge in [0.1, 0.15) is 6.04 Å². The minimum atomic E-state index is -1.10. The Morgan fingerprint density at radius 2 is 1.72 bits per heavy atom. The first-order valence-electron chi connectivity index (χ1n) is 6.80. The largest absolute Gasteiger partial charge is 0.480 e. The molecule has 0 aromatic heterocycles. The highest BCUT2D eigenvalue weighted by atomic mass is 16.4. The summed E-state index contributed by atoms with van der Waals surface area (Å²) in [5.41, 5.74) is 0.